The Labute approximate surface area is 82.4 Å². The molecule has 0 radical (unpaired) electrons. The van der Waals surface area contributed by atoms with Crippen LogP contribution in [0.25, 0.3) is 5.65 Å². The Bertz CT molecular complexity index is 395. The fourth-order valence-electron chi connectivity index (χ4n) is 1.01. The van der Waals surface area contributed by atoms with Crippen LogP contribution in [0.2, 0.25) is 5.15 Å². The molecule has 0 unspecified atom stereocenters. The normalized spacial score (nSPS) is 9.54. The summed E-state index contributed by atoms with van der Waals surface area (Å²) in [5.74, 6) is 0. The van der Waals surface area contributed by atoms with Crippen LogP contribution in [-0.4, -0.2) is 14.4 Å². The van der Waals surface area contributed by atoms with E-state index >= 15 is 0 Å². The van der Waals surface area contributed by atoms with E-state index < -0.39 is 0 Å². The van der Waals surface area contributed by atoms with Gasteiger partial charge in [-0.15, -0.1) is 0 Å². The highest BCUT2D eigenvalue weighted by Crippen LogP contribution is 2.12. The third-order valence-electron chi connectivity index (χ3n) is 1.57. The molecule has 2 aromatic rings. The van der Waals surface area contributed by atoms with Gasteiger partial charge >= 0.3 is 0 Å². The fourth-order valence-corrected chi connectivity index (χ4v) is 1.21. The highest BCUT2D eigenvalue weighted by atomic mass is 35.5. The van der Waals surface area contributed by atoms with E-state index in [9.17, 15) is 0 Å². The maximum absolute atomic E-state index is 5.78. The zero-order valence-electron chi connectivity index (χ0n) is 7.95. The Morgan fingerprint density at radius 3 is 2.62 bits per heavy atom. The summed E-state index contributed by atoms with van der Waals surface area (Å²) in [7, 11) is 0. The Kier molecular flexibility index (Phi) is 3.25. The standard InChI is InChI=1S/C7H6ClN3.C2H6/c1-5-4-10-7-6(8)9-2-3-11(5)7;1-2/h2-4H,1H3;1-2H3. The highest BCUT2D eigenvalue weighted by molar-refractivity contribution is 6.32. The molecule has 0 fully saturated rings. The van der Waals surface area contributed by atoms with Crippen LogP contribution in [0.1, 0.15) is 19.5 Å². The Hall–Kier alpha value is -1.09. The fraction of sp³-hybridized carbons (Fsp3) is 0.333. The van der Waals surface area contributed by atoms with Crippen molar-refractivity contribution in [3.8, 4) is 0 Å². The minimum absolute atomic E-state index is 0.445. The van der Waals surface area contributed by atoms with Crippen LogP contribution in [0, 0.1) is 6.92 Å². The second-order valence-corrected chi connectivity index (χ2v) is 2.67. The van der Waals surface area contributed by atoms with Gasteiger partial charge in [-0.2, -0.15) is 0 Å². The van der Waals surface area contributed by atoms with E-state index in [0.29, 0.717) is 10.8 Å². The van der Waals surface area contributed by atoms with Crippen LogP contribution in [0.4, 0.5) is 0 Å². The SMILES string of the molecule is CC.Cc1cnc2c(Cl)nccn12. The van der Waals surface area contributed by atoms with Crippen LogP contribution >= 0.6 is 11.6 Å². The predicted octanol–water partition coefficient (Wildman–Crippen LogP) is 2.72. The summed E-state index contributed by atoms with van der Waals surface area (Å²) in [4.78, 5) is 7.99. The smallest absolute Gasteiger partial charge is 0.175 e. The number of halogens is 1. The molecule has 0 bridgehead atoms. The summed E-state index contributed by atoms with van der Waals surface area (Å²) in [6.07, 6.45) is 5.26. The number of imidazole rings is 1. The number of rotatable bonds is 0. The summed E-state index contributed by atoms with van der Waals surface area (Å²) < 4.78 is 1.90. The average Bonchev–Trinajstić information content (AvgIpc) is 2.53. The molecule has 70 valence electrons. The predicted molar refractivity (Wildman–Crippen MR) is 54.1 cm³/mol. The van der Waals surface area contributed by atoms with E-state index in [1.807, 2.05) is 31.4 Å². The van der Waals surface area contributed by atoms with Crippen molar-refractivity contribution >= 4 is 17.2 Å². The summed E-state index contributed by atoms with van der Waals surface area (Å²) in [6.45, 7) is 5.97. The van der Waals surface area contributed by atoms with Gasteiger partial charge in [0.2, 0.25) is 0 Å². The maximum atomic E-state index is 5.78. The Morgan fingerprint density at radius 2 is 2.00 bits per heavy atom. The van der Waals surface area contributed by atoms with Crippen molar-refractivity contribution in [2.75, 3.05) is 0 Å². The lowest BCUT2D eigenvalue weighted by Gasteiger charge is -1.94. The van der Waals surface area contributed by atoms with Gasteiger partial charge < -0.3 is 4.40 Å². The minimum Gasteiger partial charge on any atom is -0.300 e. The molecule has 2 rings (SSSR count). The molecular weight excluding hydrogens is 186 g/mol. The third-order valence-corrected chi connectivity index (χ3v) is 1.84. The summed E-state index contributed by atoms with van der Waals surface area (Å²) >= 11 is 5.78. The van der Waals surface area contributed by atoms with E-state index in [1.54, 1.807) is 12.4 Å². The number of hydrogen-bond donors (Lipinski definition) is 0. The van der Waals surface area contributed by atoms with Crippen molar-refractivity contribution in [2.45, 2.75) is 20.8 Å². The molecule has 2 heterocycles. The number of fused-ring (bicyclic) bond motifs is 1. The summed E-state index contributed by atoms with van der Waals surface area (Å²) in [6, 6.07) is 0. The van der Waals surface area contributed by atoms with Crippen molar-refractivity contribution in [1.29, 1.82) is 0 Å². The molecule has 0 atom stereocenters. The largest absolute Gasteiger partial charge is 0.300 e. The quantitative estimate of drug-likeness (QED) is 0.650. The highest BCUT2D eigenvalue weighted by Gasteiger charge is 2.01. The molecule has 0 amide bonds. The van der Waals surface area contributed by atoms with Gasteiger partial charge in [0.05, 0.1) is 0 Å². The van der Waals surface area contributed by atoms with Gasteiger partial charge in [0.1, 0.15) is 0 Å². The molecule has 13 heavy (non-hydrogen) atoms. The van der Waals surface area contributed by atoms with Crippen LogP contribution in [0.5, 0.6) is 0 Å². The van der Waals surface area contributed by atoms with E-state index in [-0.39, 0.29) is 0 Å². The zero-order chi connectivity index (χ0) is 9.84. The monoisotopic (exact) mass is 197 g/mol. The van der Waals surface area contributed by atoms with Gasteiger partial charge in [-0.05, 0) is 6.92 Å². The number of nitrogens with zero attached hydrogens (tertiary/aromatic N) is 3. The van der Waals surface area contributed by atoms with Gasteiger partial charge in [-0.25, -0.2) is 9.97 Å². The van der Waals surface area contributed by atoms with Crippen LogP contribution in [-0.2, 0) is 0 Å². The lowest BCUT2D eigenvalue weighted by atomic mass is 10.5. The van der Waals surface area contributed by atoms with E-state index in [1.165, 1.54) is 0 Å². The van der Waals surface area contributed by atoms with Gasteiger partial charge in [-0.3, -0.25) is 0 Å². The van der Waals surface area contributed by atoms with Crippen LogP contribution in [0.15, 0.2) is 18.6 Å². The summed E-state index contributed by atoms with van der Waals surface area (Å²) in [5.41, 5.74) is 1.77. The van der Waals surface area contributed by atoms with Crippen LogP contribution < -0.4 is 0 Å². The Balaban J connectivity index is 0.000000396. The van der Waals surface area contributed by atoms with Gasteiger partial charge in [0.25, 0.3) is 0 Å². The van der Waals surface area contributed by atoms with Crippen molar-refractivity contribution in [2.24, 2.45) is 0 Å². The summed E-state index contributed by atoms with van der Waals surface area (Å²) in [5, 5.41) is 0.445. The second-order valence-electron chi connectivity index (χ2n) is 2.31. The van der Waals surface area contributed by atoms with Crippen molar-refractivity contribution < 1.29 is 0 Å². The van der Waals surface area contributed by atoms with Crippen molar-refractivity contribution in [1.82, 2.24) is 14.4 Å². The molecule has 0 saturated carbocycles. The lowest BCUT2D eigenvalue weighted by Crippen LogP contribution is -1.88. The molecule has 0 N–H and O–H groups in total. The van der Waals surface area contributed by atoms with Crippen molar-refractivity contribution in [3.63, 3.8) is 0 Å². The van der Waals surface area contributed by atoms with E-state index in [0.717, 1.165) is 5.69 Å². The number of aryl methyl sites for hydroxylation is 1. The molecular formula is C9H12ClN3. The first-order valence-electron chi connectivity index (χ1n) is 4.23. The first-order chi connectivity index (χ1) is 6.29. The first kappa shape index (κ1) is 9.99. The molecule has 3 nitrogen and oxygen atoms in total. The molecule has 0 spiro atoms. The minimum atomic E-state index is 0.445. The number of aromatic nitrogens is 3. The van der Waals surface area contributed by atoms with E-state index in [4.69, 9.17) is 11.6 Å². The number of hydrogen-bond acceptors (Lipinski definition) is 2. The molecule has 0 aliphatic heterocycles. The van der Waals surface area contributed by atoms with E-state index in [2.05, 4.69) is 9.97 Å². The van der Waals surface area contributed by atoms with Crippen LogP contribution in [0.3, 0.4) is 0 Å². The molecule has 0 aromatic carbocycles. The molecule has 4 heteroatoms. The third kappa shape index (κ3) is 1.80. The van der Waals surface area contributed by atoms with Gasteiger partial charge in [-0.1, -0.05) is 25.4 Å². The zero-order valence-corrected chi connectivity index (χ0v) is 8.71. The molecule has 0 saturated heterocycles. The van der Waals surface area contributed by atoms with Crippen molar-refractivity contribution in [3.05, 3.63) is 29.4 Å². The van der Waals surface area contributed by atoms with Gasteiger partial charge in [0.15, 0.2) is 10.8 Å². The molecule has 0 aliphatic rings. The first-order valence-corrected chi connectivity index (χ1v) is 4.61. The molecule has 0 aliphatic carbocycles. The average molecular weight is 198 g/mol. The molecule has 2 aromatic heterocycles. The van der Waals surface area contributed by atoms with Gasteiger partial charge in [0, 0.05) is 24.3 Å². The second kappa shape index (κ2) is 4.23. The Morgan fingerprint density at radius 1 is 1.31 bits per heavy atom. The topological polar surface area (TPSA) is 30.2 Å². The maximum Gasteiger partial charge on any atom is 0.175 e. The lowest BCUT2D eigenvalue weighted by molar-refractivity contribution is 1.07.